The Hall–Kier alpha value is -3.74. The lowest BCUT2D eigenvalue weighted by Crippen LogP contribution is -2.10. The Balaban J connectivity index is 0.00000106. The fourth-order valence-corrected chi connectivity index (χ4v) is 3.81. The van der Waals surface area contributed by atoms with Crippen LogP contribution in [0, 0.1) is 6.92 Å². The Labute approximate surface area is 175 Å². The number of anilines is 1. The maximum atomic E-state index is 6.07. The van der Waals surface area contributed by atoms with Gasteiger partial charge in [-0.15, -0.1) is 0 Å². The van der Waals surface area contributed by atoms with Gasteiger partial charge < -0.3 is 10.1 Å². The summed E-state index contributed by atoms with van der Waals surface area (Å²) in [5.74, 6) is 0.452. The number of fused-ring (bicyclic) bond motifs is 2. The number of pyridine rings is 2. The van der Waals surface area contributed by atoms with Crippen molar-refractivity contribution in [3.05, 3.63) is 72.4 Å². The largest absolute Gasteiger partial charge is 0.383 e. The number of aryl methyl sites for hydroxylation is 1. The van der Waals surface area contributed by atoms with E-state index in [1.54, 1.807) is 0 Å². The topological polar surface area (TPSA) is 86.9 Å². The summed E-state index contributed by atoms with van der Waals surface area (Å²) in [6.45, 7) is 8.05. The van der Waals surface area contributed by atoms with E-state index in [0.717, 1.165) is 39.2 Å². The second kappa shape index (κ2) is 7.94. The van der Waals surface area contributed by atoms with E-state index in [4.69, 9.17) is 10.8 Å². The van der Waals surface area contributed by atoms with Gasteiger partial charge in [0.15, 0.2) is 5.65 Å². The summed E-state index contributed by atoms with van der Waals surface area (Å²) in [7, 11) is 0. The molecule has 152 valence electrons. The average Bonchev–Trinajstić information content (AvgIpc) is 3.34. The summed E-state index contributed by atoms with van der Waals surface area (Å²) in [5.41, 5.74) is 11.8. The Morgan fingerprint density at radius 1 is 1.00 bits per heavy atom. The number of aromatic nitrogens is 6. The van der Waals surface area contributed by atoms with Crippen LogP contribution in [0.25, 0.3) is 27.9 Å². The van der Waals surface area contributed by atoms with Gasteiger partial charge in [0.05, 0.1) is 28.5 Å². The van der Waals surface area contributed by atoms with Crippen LogP contribution >= 0.6 is 0 Å². The van der Waals surface area contributed by atoms with Gasteiger partial charge in [0, 0.05) is 23.5 Å². The molecule has 1 unspecified atom stereocenters. The molecule has 0 aliphatic heterocycles. The van der Waals surface area contributed by atoms with Gasteiger partial charge >= 0.3 is 0 Å². The second-order valence-corrected chi connectivity index (χ2v) is 6.82. The first-order valence-electron chi connectivity index (χ1n) is 10.1. The predicted molar refractivity (Wildman–Crippen MR) is 120 cm³/mol. The molecule has 0 bridgehead atoms. The molecule has 0 radical (unpaired) electrons. The maximum absolute atomic E-state index is 6.07. The van der Waals surface area contributed by atoms with Crippen molar-refractivity contribution in [2.24, 2.45) is 0 Å². The van der Waals surface area contributed by atoms with Crippen molar-refractivity contribution in [2.75, 3.05) is 5.73 Å². The minimum absolute atomic E-state index is 0.0672. The van der Waals surface area contributed by atoms with Crippen LogP contribution in [0.2, 0.25) is 0 Å². The Morgan fingerprint density at radius 3 is 2.57 bits per heavy atom. The molecule has 0 aromatic carbocycles. The molecule has 5 heterocycles. The van der Waals surface area contributed by atoms with Crippen LogP contribution in [-0.4, -0.2) is 29.1 Å². The van der Waals surface area contributed by atoms with Crippen molar-refractivity contribution in [3.8, 4) is 11.4 Å². The lowest BCUT2D eigenvalue weighted by molar-refractivity contribution is 0.576. The first kappa shape index (κ1) is 19.6. The van der Waals surface area contributed by atoms with E-state index >= 15 is 0 Å². The highest BCUT2D eigenvalue weighted by Gasteiger charge is 2.23. The van der Waals surface area contributed by atoms with E-state index in [2.05, 4.69) is 44.6 Å². The third-order valence-corrected chi connectivity index (χ3v) is 5.13. The van der Waals surface area contributed by atoms with Crippen LogP contribution < -0.4 is 5.73 Å². The van der Waals surface area contributed by atoms with E-state index in [1.807, 2.05) is 62.0 Å². The van der Waals surface area contributed by atoms with E-state index in [9.17, 15) is 0 Å². The van der Waals surface area contributed by atoms with Gasteiger partial charge in [-0.3, -0.25) is 4.98 Å². The first-order valence-corrected chi connectivity index (χ1v) is 10.1. The molecular formula is C23H25N7. The Kier molecular flexibility index (Phi) is 5.18. The SMILES string of the molecule is CC.Cc1nn(C(C)c2cc3ccccn3c2-c2ccccn2)c2ncnc(N)c12. The predicted octanol–water partition coefficient (Wildman–Crippen LogP) is 4.67. The summed E-state index contributed by atoms with van der Waals surface area (Å²) >= 11 is 0. The van der Waals surface area contributed by atoms with Gasteiger partial charge in [0.2, 0.25) is 0 Å². The Morgan fingerprint density at radius 2 is 1.80 bits per heavy atom. The zero-order valence-corrected chi connectivity index (χ0v) is 17.6. The minimum Gasteiger partial charge on any atom is -0.383 e. The van der Waals surface area contributed by atoms with Crippen molar-refractivity contribution < 1.29 is 0 Å². The molecule has 0 saturated carbocycles. The number of nitrogens with two attached hydrogens (primary N) is 1. The van der Waals surface area contributed by atoms with Crippen LogP contribution in [0.4, 0.5) is 5.82 Å². The summed E-state index contributed by atoms with van der Waals surface area (Å²) in [5, 5.41) is 5.54. The van der Waals surface area contributed by atoms with Gasteiger partial charge in [-0.05, 0) is 44.2 Å². The molecule has 1 atom stereocenters. The van der Waals surface area contributed by atoms with Crippen molar-refractivity contribution in [1.82, 2.24) is 29.1 Å². The van der Waals surface area contributed by atoms with Gasteiger partial charge in [0.1, 0.15) is 12.1 Å². The first-order chi connectivity index (χ1) is 14.6. The normalized spacial score (nSPS) is 12.0. The number of hydrogen-bond acceptors (Lipinski definition) is 5. The molecular weight excluding hydrogens is 374 g/mol. The quantitative estimate of drug-likeness (QED) is 0.476. The maximum Gasteiger partial charge on any atom is 0.164 e. The van der Waals surface area contributed by atoms with Crippen molar-refractivity contribution in [1.29, 1.82) is 0 Å². The molecule has 5 aromatic heterocycles. The van der Waals surface area contributed by atoms with Crippen LogP contribution in [-0.2, 0) is 0 Å². The van der Waals surface area contributed by atoms with E-state index in [-0.39, 0.29) is 6.04 Å². The zero-order chi connectivity index (χ0) is 21.3. The molecule has 2 N–H and O–H groups in total. The fraction of sp³-hybridized carbons (Fsp3) is 0.217. The molecule has 0 spiro atoms. The van der Waals surface area contributed by atoms with Gasteiger partial charge in [0.25, 0.3) is 0 Å². The van der Waals surface area contributed by atoms with Crippen LogP contribution in [0.5, 0.6) is 0 Å². The number of nitrogens with zero attached hydrogens (tertiary/aromatic N) is 6. The van der Waals surface area contributed by atoms with Crippen LogP contribution in [0.1, 0.15) is 38.1 Å². The van der Waals surface area contributed by atoms with E-state index < -0.39 is 0 Å². The van der Waals surface area contributed by atoms with E-state index in [1.165, 1.54) is 6.33 Å². The van der Waals surface area contributed by atoms with Crippen molar-refractivity contribution in [3.63, 3.8) is 0 Å². The lowest BCUT2D eigenvalue weighted by atomic mass is 10.1. The third kappa shape index (κ3) is 3.08. The van der Waals surface area contributed by atoms with Crippen molar-refractivity contribution in [2.45, 2.75) is 33.7 Å². The summed E-state index contributed by atoms with van der Waals surface area (Å²) < 4.78 is 4.08. The molecule has 5 rings (SSSR count). The molecule has 0 amide bonds. The average molecular weight is 400 g/mol. The fourth-order valence-electron chi connectivity index (χ4n) is 3.81. The third-order valence-electron chi connectivity index (χ3n) is 5.13. The summed E-state index contributed by atoms with van der Waals surface area (Å²) in [4.78, 5) is 13.2. The highest BCUT2D eigenvalue weighted by atomic mass is 15.3. The van der Waals surface area contributed by atoms with Gasteiger partial charge in [-0.2, -0.15) is 5.10 Å². The number of nitrogen functional groups attached to an aromatic ring is 1. The minimum atomic E-state index is -0.0672. The number of rotatable bonds is 3. The standard InChI is InChI=1S/C21H19N7.C2H6/c1-13-18-20(22)24-12-25-21(18)28(26-13)14(2)16-11-15-7-4-6-10-27(15)19(16)17-8-3-5-9-23-17;1-2/h3-12,14H,1-2H3,(H2,22,24,25);1-2H3. The highest BCUT2D eigenvalue weighted by molar-refractivity contribution is 5.88. The molecule has 7 nitrogen and oxygen atoms in total. The molecule has 30 heavy (non-hydrogen) atoms. The van der Waals surface area contributed by atoms with Gasteiger partial charge in [-0.1, -0.05) is 26.0 Å². The molecule has 0 saturated heterocycles. The summed E-state index contributed by atoms with van der Waals surface area (Å²) in [6.07, 6.45) is 5.35. The second-order valence-electron chi connectivity index (χ2n) is 6.82. The van der Waals surface area contributed by atoms with E-state index in [0.29, 0.717) is 5.82 Å². The van der Waals surface area contributed by atoms with Gasteiger partial charge in [-0.25, -0.2) is 14.6 Å². The van der Waals surface area contributed by atoms with Crippen molar-refractivity contribution >= 4 is 22.4 Å². The molecule has 5 aromatic rings. The summed E-state index contributed by atoms with van der Waals surface area (Å²) in [6, 6.07) is 14.2. The smallest absolute Gasteiger partial charge is 0.164 e. The molecule has 7 heteroatoms. The number of hydrogen-bond donors (Lipinski definition) is 1. The lowest BCUT2D eigenvalue weighted by Gasteiger charge is -2.15. The van der Waals surface area contributed by atoms with Crippen LogP contribution in [0.15, 0.2) is 61.2 Å². The molecule has 0 aliphatic carbocycles. The Bertz CT molecular complexity index is 1300. The highest BCUT2D eigenvalue weighted by Crippen LogP contribution is 2.34. The zero-order valence-electron chi connectivity index (χ0n) is 17.6. The van der Waals surface area contributed by atoms with Crippen LogP contribution in [0.3, 0.4) is 0 Å². The molecule has 0 aliphatic rings. The molecule has 0 fully saturated rings. The monoisotopic (exact) mass is 399 g/mol.